The molecule has 0 radical (unpaired) electrons. The molecule has 2 aromatic heterocycles. The predicted octanol–water partition coefficient (Wildman–Crippen LogP) is 5.27. The van der Waals surface area contributed by atoms with Crippen LogP contribution >= 0.6 is 11.6 Å². The predicted molar refractivity (Wildman–Crippen MR) is 120 cm³/mol. The molecular weight excluding hydrogens is 469 g/mol. The van der Waals surface area contributed by atoms with Crippen molar-refractivity contribution >= 4 is 28.5 Å². The van der Waals surface area contributed by atoms with E-state index < -0.39 is 22.8 Å². The third kappa shape index (κ3) is 3.83. The van der Waals surface area contributed by atoms with E-state index in [2.05, 4.69) is 26.7 Å². The molecule has 1 N–H and O–H groups in total. The number of hydrogen-bond donors (Lipinski definition) is 1. The number of rotatable bonds is 3. The SMILES string of the molecule is C=C1CC(c2nc3cc(Cl)c(C(F)(F)F)cc3[nH]2)N(C(=O)c2ccc(C)cc2-n2nccn2)C1. The fourth-order valence-electron chi connectivity index (χ4n) is 4.17. The number of benzene rings is 2. The molecule has 1 aliphatic rings. The summed E-state index contributed by atoms with van der Waals surface area (Å²) in [5, 5.41) is 7.87. The number of carbonyl (C=O) groups excluding carboxylic acids is 1. The van der Waals surface area contributed by atoms with Gasteiger partial charge in [-0.15, -0.1) is 0 Å². The van der Waals surface area contributed by atoms with Crippen LogP contribution in [-0.2, 0) is 6.18 Å². The third-order valence-corrected chi connectivity index (χ3v) is 6.05. The molecule has 1 unspecified atom stereocenters. The molecule has 34 heavy (non-hydrogen) atoms. The monoisotopic (exact) mass is 486 g/mol. The first-order chi connectivity index (χ1) is 16.1. The first-order valence-electron chi connectivity index (χ1n) is 10.3. The first kappa shape index (κ1) is 22.1. The van der Waals surface area contributed by atoms with Crippen LogP contribution in [0.2, 0.25) is 5.02 Å². The fourth-order valence-corrected chi connectivity index (χ4v) is 4.43. The number of aromatic nitrogens is 5. The van der Waals surface area contributed by atoms with Crippen molar-refractivity contribution in [2.75, 3.05) is 6.54 Å². The molecule has 1 fully saturated rings. The highest BCUT2D eigenvalue weighted by Gasteiger charge is 2.37. The normalized spacial score (nSPS) is 16.6. The topological polar surface area (TPSA) is 79.7 Å². The van der Waals surface area contributed by atoms with Gasteiger partial charge in [0.05, 0.1) is 51.3 Å². The van der Waals surface area contributed by atoms with Crippen molar-refractivity contribution in [3.63, 3.8) is 0 Å². The maximum atomic E-state index is 13.7. The van der Waals surface area contributed by atoms with Gasteiger partial charge in [0, 0.05) is 6.54 Å². The number of carbonyl (C=O) groups is 1. The Morgan fingerprint density at radius 3 is 2.65 bits per heavy atom. The molecule has 0 spiro atoms. The standard InChI is InChI=1S/C23H18ClF3N6O/c1-12-3-4-14(19(7-12)33-28-5-6-29-33)22(34)32-11-13(2)8-20(32)21-30-17-9-15(23(25,26)27)16(24)10-18(17)31-21/h3-7,9-10,20H,2,8,11H2,1H3,(H,30,31). The Morgan fingerprint density at radius 2 is 1.94 bits per heavy atom. The summed E-state index contributed by atoms with van der Waals surface area (Å²) in [7, 11) is 0. The molecule has 5 rings (SSSR count). The third-order valence-electron chi connectivity index (χ3n) is 5.74. The Balaban J connectivity index is 1.55. The number of H-pyrrole nitrogens is 1. The van der Waals surface area contributed by atoms with Crippen molar-refractivity contribution in [1.82, 2.24) is 29.9 Å². The number of halogens is 4. The first-order valence-corrected chi connectivity index (χ1v) is 10.7. The quantitative estimate of drug-likeness (QED) is 0.400. The van der Waals surface area contributed by atoms with Crippen LogP contribution in [0.4, 0.5) is 13.2 Å². The van der Waals surface area contributed by atoms with Gasteiger partial charge in [-0.2, -0.15) is 28.2 Å². The molecule has 4 aromatic rings. The lowest BCUT2D eigenvalue weighted by Crippen LogP contribution is -2.32. The van der Waals surface area contributed by atoms with E-state index in [1.807, 2.05) is 19.1 Å². The average Bonchev–Trinajstić information content (AvgIpc) is 3.51. The number of amides is 1. The number of hydrogen-bond acceptors (Lipinski definition) is 4. The lowest BCUT2D eigenvalue weighted by molar-refractivity contribution is -0.137. The minimum atomic E-state index is -4.59. The summed E-state index contributed by atoms with van der Waals surface area (Å²) in [5.74, 6) is 0.0775. The number of fused-ring (bicyclic) bond motifs is 1. The van der Waals surface area contributed by atoms with E-state index in [-0.39, 0.29) is 23.5 Å². The molecule has 1 saturated heterocycles. The molecule has 174 valence electrons. The van der Waals surface area contributed by atoms with Gasteiger partial charge in [0.15, 0.2) is 0 Å². The Hall–Kier alpha value is -3.66. The van der Waals surface area contributed by atoms with E-state index in [1.165, 1.54) is 23.3 Å². The molecule has 2 aromatic carbocycles. The number of alkyl halides is 3. The van der Waals surface area contributed by atoms with Crippen molar-refractivity contribution in [3.05, 3.63) is 82.4 Å². The molecule has 1 aliphatic heterocycles. The van der Waals surface area contributed by atoms with Crippen LogP contribution in [0.5, 0.6) is 0 Å². The van der Waals surface area contributed by atoms with E-state index in [1.54, 1.807) is 11.0 Å². The van der Waals surface area contributed by atoms with Gasteiger partial charge >= 0.3 is 6.18 Å². The molecule has 1 atom stereocenters. The lowest BCUT2D eigenvalue weighted by atomic mass is 10.1. The van der Waals surface area contributed by atoms with Gasteiger partial charge in [0.2, 0.25) is 0 Å². The molecule has 3 heterocycles. The van der Waals surface area contributed by atoms with Gasteiger partial charge in [0.1, 0.15) is 5.82 Å². The van der Waals surface area contributed by atoms with Crippen molar-refractivity contribution in [2.45, 2.75) is 25.6 Å². The number of nitrogens with one attached hydrogen (secondary N) is 1. The smallest absolute Gasteiger partial charge is 0.340 e. The Labute approximate surface area is 196 Å². The largest absolute Gasteiger partial charge is 0.417 e. The molecule has 0 aliphatic carbocycles. The van der Waals surface area contributed by atoms with Crippen LogP contribution < -0.4 is 0 Å². The molecule has 11 heteroatoms. The van der Waals surface area contributed by atoms with Crippen LogP contribution in [-0.4, -0.2) is 42.3 Å². The zero-order valence-electron chi connectivity index (χ0n) is 17.9. The van der Waals surface area contributed by atoms with Gasteiger partial charge in [-0.3, -0.25) is 4.79 Å². The number of nitrogens with zero attached hydrogens (tertiary/aromatic N) is 5. The lowest BCUT2D eigenvalue weighted by Gasteiger charge is -2.24. The molecule has 0 saturated carbocycles. The summed E-state index contributed by atoms with van der Waals surface area (Å²) in [6.45, 7) is 6.21. The highest BCUT2D eigenvalue weighted by atomic mass is 35.5. The van der Waals surface area contributed by atoms with Gasteiger partial charge in [-0.1, -0.05) is 29.8 Å². The second-order valence-electron chi connectivity index (χ2n) is 8.21. The highest BCUT2D eigenvalue weighted by Crippen LogP contribution is 2.39. The zero-order valence-corrected chi connectivity index (χ0v) is 18.7. The van der Waals surface area contributed by atoms with Crippen LogP contribution in [0.3, 0.4) is 0 Å². The van der Waals surface area contributed by atoms with Gasteiger partial charge in [-0.25, -0.2) is 4.98 Å². The molecule has 1 amide bonds. The zero-order chi connectivity index (χ0) is 24.2. The summed E-state index contributed by atoms with van der Waals surface area (Å²) in [6.07, 6.45) is -1.13. The second kappa shape index (κ2) is 7.98. The summed E-state index contributed by atoms with van der Waals surface area (Å²) in [5.41, 5.74) is 2.18. The van der Waals surface area contributed by atoms with E-state index in [0.717, 1.165) is 17.2 Å². The van der Waals surface area contributed by atoms with Crippen molar-refractivity contribution in [2.24, 2.45) is 0 Å². The molecule has 7 nitrogen and oxygen atoms in total. The molecule has 0 bridgehead atoms. The number of imidazole rings is 1. The van der Waals surface area contributed by atoms with Gasteiger partial charge in [-0.05, 0) is 43.2 Å². The van der Waals surface area contributed by atoms with Crippen molar-refractivity contribution < 1.29 is 18.0 Å². The number of aryl methyl sites for hydroxylation is 1. The Morgan fingerprint density at radius 1 is 1.21 bits per heavy atom. The van der Waals surface area contributed by atoms with E-state index >= 15 is 0 Å². The maximum absolute atomic E-state index is 13.7. The molecular formula is C23H18ClF3N6O. The van der Waals surface area contributed by atoms with Crippen LogP contribution in [0.25, 0.3) is 16.7 Å². The van der Waals surface area contributed by atoms with Gasteiger partial charge in [0.25, 0.3) is 5.91 Å². The van der Waals surface area contributed by atoms with Crippen LogP contribution in [0.15, 0.2) is 54.9 Å². The second-order valence-corrected chi connectivity index (χ2v) is 8.62. The minimum absolute atomic E-state index is 0.188. The summed E-state index contributed by atoms with van der Waals surface area (Å²) < 4.78 is 39.8. The van der Waals surface area contributed by atoms with Crippen LogP contribution in [0, 0.1) is 6.92 Å². The minimum Gasteiger partial charge on any atom is -0.340 e. The maximum Gasteiger partial charge on any atom is 0.417 e. The summed E-state index contributed by atoms with van der Waals surface area (Å²) in [6, 6.07) is 6.93. The van der Waals surface area contributed by atoms with E-state index in [0.29, 0.717) is 23.5 Å². The number of likely N-dealkylation sites (tertiary alicyclic amines) is 1. The van der Waals surface area contributed by atoms with Crippen molar-refractivity contribution in [1.29, 1.82) is 0 Å². The van der Waals surface area contributed by atoms with Gasteiger partial charge < -0.3 is 9.88 Å². The highest BCUT2D eigenvalue weighted by molar-refractivity contribution is 6.32. The Kier molecular flexibility index (Phi) is 5.20. The summed E-state index contributed by atoms with van der Waals surface area (Å²) >= 11 is 5.85. The van der Waals surface area contributed by atoms with Crippen LogP contribution in [0.1, 0.15) is 39.8 Å². The Bertz CT molecular complexity index is 1430. The average molecular weight is 487 g/mol. The van der Waals surface area contributed by atoms with E-state index in [9.17, 15) is 18.0 Å². The number of aromatic amines is 1. The fraction of sp³-hybridized carbons (Fsp3) is 0.217. The van der Waals surface area contributed by atoms with E-state index in [4.69, 9.17) is 11.6 Å². The summed E-state index contributed by atoms with van der Waals surface area (Å²) in [4.78, 5) is 24.0. The van der Waals surface area contributed by atoms with Crippen molar-refractivity contribution in [3.8, 4) is 5.69 Å².